The molecule has 2 aliphatic rings. The van der Waals surface area contributed by atoms with Gasteiger partial charge in [0.25, 0.3) is 0 Å². The number of rotatable bonds is 7. The number of halogens is 6. The number of ether oxygens (including phenoxy) is 1. The zero-order valence-corrected chi connectivity index (χ0v) is 24.8. The van der Waals surface area contributed by atoms with Crippen LogP contribution < -0.4 is 14.7 Å². The van der Waals surface area contributed by atoms with Crippen molar-refractivity contribution >= 4 is 40.4 Å². The largest absolute Gasteiger partial charge is 0.416 e. The van der Waals surface area contributed by atoms with Crippen LogP contribution in [0.4, 0.5) is 44.8 Å². The minimum Gasteiger partial charge on any atom is -0.385 e. The van der Waals surface area contributed by atoms with Gasteiger partial charge in [0.15, 0.2) is 0 Å². The Labute approximate surface area is 252 Å². The van der Waals surface area contributed by atoms with Crippen LogP contribution in [0.15, 0.2) is 42.5 Å². The minimum atomic E-state index is -4.63. The molecule has 3 aromatic rings. The molecule has 1 saturated heterocycles. The lowest BCUT2D eigenvalue weighted by molar-refractivity contribution is -0.137. The van der Waals surface area contributed by atoms with Crippen LogP contribution >= 0.6 is 11.6 Å². The maximum atomic E-state index is 14.7. The summed E-state index contributed by atoms with van der Waals surface area (Å²) in [5.41, 5.74) is 1.22. The zero-order chi connectivity index (χ0) is 31.1. The fourth-order valence-corrected chi connectivity index (χ4v) is 6.09. The number of anilines is 4. The highest BCUT2D eigenvalue weighted by Crippen LogP contribution is 2.43. The normalized spacial score (nSPS) is 17.4. The Balaban J connectivity index is 1.51. The molecule has 43 heavy (non-hydrogen) atoms. The predicted molar refractivity (Wildman–Crippen MR) is 156 cm³/mol. The monoisotopic (exact) mass is 622 g/mol. The predicted octanol–water partition coefficient (Wildman–Crippen LogP) is 7.32. The summed E-state index contributed by atoms with van der Waals surface area (Å²) in [6.07, 6.45) is -1.46. The second-order valence-corrected chi connectivity index (χ2v) is 11.5. The van der Waals surface area contributed by atoms with Crippen LogP contribution in [0.1, 0.15) is 36.1 Å². The van der Waals surface area contributed by atoms with Crippen molar-refractivity contribution in [2.24, 2.45) is 5.92 Å². The molecule has 0 spiro atoms. The van der Waals surface area contributed by atoms with Gasteiger partial charge in [0.05, 0.1) is 16.3 Å². The van der Waals surface area contributed by atoms with Gasteiger partial charge in [-0.2, -0.15) is 13.2 Å². The van der Waals surface area contributed by atoms with Gasteiger partial charge < -0.3 is 19.4 Å². The van der Waals surface area contributed by atoms with Gasteiger partial charge in [-0.1, -0.05) is 11.6 Å². The highest BCUT2D eigenvalue weighted by atomic mass is 35.5. The molecule has 2 aliphatic heterocycles. The third kappa shape index (κ3) is 6.43. The Hall–Kier alpha value is -3.44. The second kappa shape index (κ2) is 12.3. The molecule has 0 radical (unpaired) electrons. The van der Waals surface area contributed by atoms with Gasteiger partial charge in [0, 0.05) is 63.4 Å². The quantitative estimate of drug-likeness (QED) is 0.204. The molecule has 1 fully saturated rings. The molecule has 1 atom stereocenters. The summed E-state index contributed by atoms with van der Waals surface area (Å²) >= 11 is 5.88. The molecule has 1 aromatic heterocycles. The van der Waals surface area contributed by atoms with Crippen molar-refractivity contribution in [2.75, 3.05) is 48.6 Å². The molecular formula is C31H32ClF5N4O2. The van der Waals surface area contributed by atoms with Gasteiger partial charge in [0.1, 0.15) is 23.5 Å². The molecule has 6 nitrogen and oxygen atoms in total. The number of nitrogens with zero attached hydrogens (tertiary/aromatic N) is 4. The van der Waals surface area contributed by atoms with Crippen molar-refractivity contribution in [3.63, 3.8) is 0 Å². The molecule has 0 saturated carbocycles. The number of carbonyl (C=O) groups is 1. The van der Waals surface area contributed by atoms with Crippen LogP contribution in [-0.2, 0) is 22.1 Å². The molecule has 1 amide bonds. The van der Waals surface area contributed by atoms with Crippen molar-refractivity contribution in [3.05, 3.63) is 75.9 Å². The van der Waals surface area contributed by atoms with Crippen LogP contribution in [0.25, 0.3) is 0 Å². The average molecular weight is 623 g/mol. The first-order valence-electron chi connectivity index (χ1n) is 14.0. The van der Waals surface area contributed by atoms with Crippen molar-refractivity contribution < 1.29 is 31.5 Å². The number of hydrogen-bond acceptors (Lipinski definition) is 5. The number of hydrogen-bond donors (Lipinski definition) is 0. The number of methoxy groups -OCH3 is 1. The van der Waals surface area contributed by atoms with Gasteiger partial charge in [-0.05, 0) is 74.1 Å². The summed E-state index contributed by atoms with van der Waals surface area (Å²) < 4.78 is 75.2. The Kier molecular flexibility index (Phi) is 8.85. The summed E-state index contributed by atoms with van der Waals surface area (Å²) in [7, 11) is 3.01. The number of fused-ring (bicyclic) bond motifs is 1. The average Bonchev–Trinajstić information content (AvgIpc) is 3.35. The number of amides is 1. The van der Waals surface area contributed by atoms with E-state index in [1.807, 2.05) is 12.1 Å². The molecule has 0 aliphatic carbocycles. The Morgan fingerprint density at radius 3 is 2.49 bits per heavy atom. The van der Waals surface area contributed by atoms with E-state index in [1.165, 1.54) is 18.9 Å². The van der Waals surface area contributed by atoms with Gasteiger partial charge in [-0.25, -0.2) is 13.8 Å². The van der Waals surface area contributed by atoms with E-state index in [9.17, 15) is 26.7 Å². The maximum absolute atomic E-state index is 14.7. The molecule has 0 N–H and O–H groups in total. The number of benzene rings is 2. The number of carbonyl (C=O) groups excluding carboxylic acids is 1. The van der Waals surface area contributed by atoms with E-state index in [1.54, 1.807) is 13.2 Å². The van der Waals surface area contributed by atoms with E-state index in [-0.39, 0.29) is 28.6 Å². The van der Waals surface area contributed by atoms with E-state index in [2.05, 4.69) is 9.88 Å². The summed E-state index contributed by atoms with van der Waals surface area (Å²) in [5.74, 6) is -2.06. The third-order valence-electron chi connectivity index (χ3n) is 8.24. The van der Waals surface area contributed by atoms with Crippen LogP contribution in [0, 0.1) is 24.5 Å². The van der Waals surface area contributed by atoms with Crippen LogP contribution in [0.3, 0.4) is 0 Å². The van der Waals surface area contributed by atoms with Gasteiger partial charge in [0.2, 0.25) is 5.91 Å². The molecule has 3 heterocycles. The molecule has 0 bridgehead atoms. The van der Waals surface area contributed by atoms with Crippen molar-refractivity contribution in [1.29, 1.82) is 0 Å². The van der Waals surface area contributed by atoms with E-state index in [0.29, 0.717) is 17.7 Å². The summed E-state index contributed by atoms with van der Waals surface area (Å²) in [6, 6.07) is 8.06. The van der Waals surface area contributed by atoms with E-state index >= 15 is 0 Å². The Morgan fingerprint density at radius 2 is 1.81 bits per heavy atom. The summed E-state index contributed by atoms with van der Waals surface area (Å²) in [6.45, 7) is 3.87. The fraction of sp³-hybridized carbons (Fsp3) is 0.419. The highest BCUT2D eigenvalue weighted by Gasteiger charge is 2.40. The number of piperidine rings is 1. The van der Waals surface area contributed by atoms with Gasteiger partial charge >= 0.3 is 6.18 Å². The lowest BCUT2D eigenvalue weighted by Crippen LogP contribution is -2.45. The first kappa shape index (κ1) is 31.0. The lowest BCUT2D eigenvalue weighted by Gasteiger charge is -2.34. The number of aryl methyl sites for hydroxylation is 1. The molecule has 2 aromatic carbocycles. The first-order chi connectivity index (χ1) is 20.4. The Bertz CT molecular complexity index is 1510. The van der Waals surface area contributed by atoms with Crippen LogP contribution in [-0.4, -0.2) is 50.8 Å². The number of alkyl halides is 3. The number of aromatic nitrogens is 1. The summed E-state index contributed by atoms with van der Waals surface area (Å²) in [4.78, 5) is 23.0. The lowest BCUT2D eigenvalue weighted by atomic mass is 9.93. The standard InChI is InChI=1S/C31H32ClF5N4O2/c1-18-12-21(31(35,36)37)15-29(38-18)41-26-5-4-22(40-9-6-19(7-10-40)8-11-43-3)13-20(26)14-28(41)30(42)39(2)27-16-23(32)24(33)17-25(27)34/h4-5,12-13,15-17,19,28H,6-11,14H2,1-3H3/t28-/m0/s1. The topological polar surface area (TPSA) is 48.9 Å². The van der Waals surface area contributed by atoms with Crippen molar-refractivity contribution in [1.82, 2.24) is 4.98 Å². The van der Waals surface area contributed by atoms with Crippen LogP contribution in [0.5, 0.6) is 0 Å². The third-order valence-corrected chi connectivity index (χ3v) is 8.53. The van der Waals surface area contributed by atoms with E-state index < -0.39 is 35.3 Å². The maximum Gasteiger partial charge on any atom is 0.416 e. The smallest absolute Gasteiger partial charge is 0.385 e. The second-order valence-electron chi connectivity index (χ2n) is 11.1. The molecule has 5 rings (SSSR count). The van der Waals surface area contributed by atoms with Crippen LogP contribution in [0.2, 0.25) is 5.02 Å². The highest BCUT2D eigenvalue weighted by molar-refractivity contribution is 6.31. The molecule has 230 valence electrons. The van der Waals surface area contributed by atoms with Crippen molar-refractivity contribution in [2.45, 2.75) is 44.8 Å². The van der Waals surface area contributed by atoms with Gasteiger partial charge in [-0.15, -0.1) is 0 Å². The SMILES string of the molecule is COCCC1CCN(c2ccc3c(c2)C[C@@H](C(=O)N(C)c2cc(Cl)c(F)cc2F)N3c2cc(C(F)(F)F)cc(C)n2)CC1. The molecule has 12 heteroatoms. The number of pyridine rings is 1. The molecular weight excluding hydrogens is 591 g/mol. The number of likely N-dealkylation sites (N-methyl/N-ethyl adjacent to an activating group) is 1. The zero-order valence-electron chi connectivity index (χ0n) is 24.0. The fourth-order valence-electron chi connectivity index (χ4n) is 5.93. The van der Waals surface area contributed by atoms with Gasteiger partial charge in [-0.3, -0.25) is 4.79 Å². The van der Waals surface area contributed by atoms with E-state index in [0.717, 1.165) is 73.3 Å². The van der Waals surface area contributed by atoms with E-state index in [4.69, 9.17) is 16.3 Å². The molecule has 0 unspecified atom stereocenters. The Morgan fingerprint density at radius 1 is 1.09 bits per heavy atom. The summed E-state index contributed by atoms with van der Waals surface area (Å²) in [5, 5.41) is -0.367. The van der Waals surface area contributed by atoms with Crippen molar-refractivity contribution in [3.8, 4) is 0 Å². The first-order valence-corrected chi connectivity index (χ1v) is 14.4. The minimum absolute atomic E-state index is 0.0536.